The van der Waals surface area contributed by atoms with Crippen LogP contribution in [0.3, 0.4) is 0 Å². The molecule has 1 amide bonds. The molecule has 5 nitrogen and oxygen atoms in total. The zero-order valence-corrected chi connectivity index (χ0v) is 18.8. The number of benzene rings is 2. The number of fused-ring (bicyclic) bond motifs is 3. The van der Waals surface area contributed by atoms with E-state index in [4.69, 9.17) is 11.6 Å². The Morgan fingerprint density at radius 2 is 1.94 bits per heavy atom. The quantitative estimate of drug-likeness (QED) is 0.306. The molecule has 1 aliphatic rings. The summed E-state index contributed by atoms with van der Waals surface area (Å²) in [5.41, 5.74) is 1.69. The molecule has 158 valence electrons. The fraction of sp³-hybridized carbons (Fsp3) is 0.227. The van der Waals surface area contributed by atoms with Gasteiger partial charge in [0.2, 0.25) is 5.91 Å². The fourth-order valence-electron chi connectivity index (χ4n) is 3.77. The van der Waals surface area contributed by atoms with E-state index in [9.17, 15) is 9.18 Å². The number of amides is 1. The first-order valence-corrected chi connectivity index (χ1v) is 12.0. The Kier molecular flexibility index (Phi) is 5.69. The highest BCUT2D eigenvalue weighted by molar-refractivity contribution is 8.00. The van der Waals surface area contributed by atoms with Gasteiger partial charge in [0.25, 0.3) is 0 Å². The third-order valence-electron chi connectivity index (χ3n) is 5.33. The number of carbonyl (C=O) groups is 1. The maximum atomic E-state index is 14.3. The van der Waals surface area contributed by atoms with E-state index in [0.29, 0.717) is 34.8 Å². The number of rotatable bonds is 4. The van der Waals surface area contributed by atoms with Gasteiger partial charge in [0.05, 0.1) is 21.4 Å². The molecule has 1 fully saturated rings. The van der Waals surface area contributed by atoms with Crippen molar-refractivity contribution in [3.63, 3.8) is 0 Å². The van der Waals surface area contributed by atoms with Crippen LogP contribution in [-0.4, -0.2) is 52.7 Å². The van der Waals surface area contributed by atoms with E-state index in [0.717, 1.165) is 33.2 Å². The Morgan fingerprint density at radius 1 is 1.13 bits per heavy atom. The van der Waals surface area contributed by atoms with Gasteiger partial charge in [-0.25, -0.2) is 14.4 Å². The van der Waals surface area contributed by atoms with Gasteiger partial charge >= 0.3 is 0 Å². The number of anilines is 1. The maximum absolute atomic E-state index is 14.3. The van der Waals surface area contributed by atoms with E-state index in [1.54, 1.807) is 6.07 Å². The third kappa shape index (κ3) is 4.07. The van der Waals surface area contributed by atoms with Crippen molar-refractivity contribution < 1.29 is 9.18 Å². The average Bonchev–Trinajstić information content (AvgIpc) is 3.18. The van der Waals surface area contributed by atoms with Gasteiger partial charge in [-0.05, 0) is 30.3 Å². The van der Waals surface area contributed by atoms with Gasteiger partial charge in [-0.2, -0.15) is 0 Å². The van der Waals surface area contributed by atoms with Crippen LogP contribution in [0.15, 0.2) is 53.8 Å². The molecule has 4 aromatic rings. The fourth-order valence-corrected chi connectivity index (χ4v) is 6.10. The summed E-state index contributed by atoms with van der Waals surface area (Å²) >= 11 is 8.94. The van der Waals surface area contributed by atoms with E-state index < -0.39 is 0 Å². The van der Waals surface area contributed by atoms with E-state index in [1.807, 2.05) is 35.2 Å². The summed E-state index contributed by atoms with van der Waals surface area (Å²) in [6.45, 7) is 2.87. The molecule has 1 saturated heterocycles. The second-order valence-corrected chi connectivity index (χ2v) is 9.66. The van der Waals surface area contributed by atoms with Crippen molar-refractivity contribution in [1.29, 1.82) is 0 Å². The number of halogens is 2. The number of aromatic nitrogens is 2. The Bertz CT molecular complexity index is 1270. The zero-order chi connectivity index (χ0) is 21.4. The predicted octanol–water partition coefficient (Wildman–Crippen LogP) is 5.08. The number of hydrogen-bond acceptors (Lipinski definition) is 6. The molecule has 2 aromatic heterocycles. The number of hydrogen-bond donors (Lipinski definition) is 0. The summed E-state index contributed by atoms with van der Waals surface area (Å²) in [5.74, 6) is 0.0851. The van der Waals surface area contributed by atoms with Gasteiger partial charge in [0.15, 0.2) is 0 Å². The molecular formula is C22H18ClFN4OS2. The van der Waals surface area contributed by atoms with E-state index >= 15 is 0 Å². The van der Waals surface area contributed by atoms with Crippen LogP contribution >= 0.6 is 34.7 Å². The van der Waals surface area contributed by atoms with Gasteiger partial charge in [0, 0.05) is 41.6 Å². The van der Waals surface area contributed by atoms with Crippen LogP contribution in [0.2, 0.25) is 5.02 Å². The summed E-state index contributed by atoms with van der Waals surface area (Å²) in [5, 5.41) is 1.96. The highest BCUT2D eigenvalue weighted by Crippen LogP contribution is 2.38. The number of carbonyl (C=O) groups excluding carboxylic acids is 1. The monoisotopic (exact) mass is 472 g/mol. The van der Waals surface area contributed by atoms with Crippen molar-refractivity contribution in [2.24, 2.45) is 0 Å². The molecule has 2 aromatic carbocycles. The largest absolute Gasteiger partial charge is 0.368 e. The Balaban J connectivity index is 1.26. The minimum atomic E-state index is -0.285. The lowest BCUT2D eigenvalue weighted by molar-refractivity contribution is -0.128. The number of thiophene rings is 1. The second-order valence-electron chi connectivity index (χ2n) is 7.21. The first kappa shape index (κ1) is 20.5. The van der Waals surface area contributed by atoms with Crippen LogP contribution in [0, 0.1) is 5.82 Å². The highest BCUT2D eigenvalue weighted by Gasteiger charge is 2.22. The molecule has 0 N–H and O–H groups in total. The van der Waals surface area contributed by atoms with Crippen molar-refractivity contribution in [3.8, 4) is 0 Å². The molecule has 31 heavy (non-hydrogen) atoms. The van der Waals surface area contributed by atoms with Gasteiger partial charge in [-0.3, -0.25) is 4.79 Å². The lowest BCUT2D eigenvalue weighted by Crippen LogP contribution is -2.49. The Hall–Kier alpha value is -2.42. The molecule has 1 aliphatic heterocycles. The van der Waals surface area contributed by atoms with Crippen LogP contribution in [0.25, 0.3) is 20.3 Å². The van der Waals surface area contributed by atoms with Crippen molar-refractivity contribution in [2.75, 3.05) is 36.8 Å². The molecule has 0 bridgehead atoms. The van der Waals surface area contributed by atoms with E-state index in [2.05, 4.69) is 14.9 Å². The Morgan fingerprint density at radius 3 is 2.74 bits per heavy atom. The average molecular weight is 473 g/mol. The summed E-state index contributed by atoms with van der Waals surface area (Å²) in [6, 6.07) is 12.8. The molecule has 5 rings (SSSR count). The van der Waals surface area contributed by atoms with Crippen LogP contribution in [0.1, 0.15) is 0 Å². The van der Waals surface area contributed by atoms with Crippen LogP contribution in [0.5, 0.6) is 0 Å². The first-order valence-electron chi connectivity index (χ1n) is 9.83. The molecule has 0 aliphatic carbocycles. The molecule has 0 unspecified atom stereocenters. The number of thioether (sulfide) groups is 1. The molecule has 0 atom stereocenters. The molecule has 0 spiro atoms. The van der Waals surface area contributed by atoms with Gasteiger partial charge in [-0.15, -0.1) is 11.3 Å². The maximum Gasteiger partial charge on any atom is 0.233 e. The van der Waals surface area contributed by atoms with Gasteiger partial charge in [0.1, 0.15) is 17.2 Å². The normalized spacial score (nSPS) is 14.5. The third-order valence-corrected chi connectivity index (χ3v) is 7.82. The number of piperazine rings is 1. The summed E-state index contributed by atoms with van der Waals surface area (Å²) in [4.78, 5) is 25.6. The molecular weight excluding hydrogens is 455 g/mol. The minimum Gasteiger partial charge on any atom is -0.368 e. The van der Waals surface area contributed by atoms with E-state index in [1.165, 1.54) is 35.5 Å². The standard InChI is InChI=1S/C22H18ClFN4OS2/c23-14-3-1-4-15(11-14)27-7-9-28(10-8-27)18(29)12-30-22-21-20(25-13-26-22)19-16(24)5-2-6-17(19)31-21/h1-6,11,13H,7-10,12H2. The van der Waals surface area contributed by atoms with Crippen molar-refractivity contribution in [1.82, 2.24) is 14.9 Å². The first-order chi connectivity index (χ1) is 15.1. The lowest BCUT2D eigenvalue weighted by Gasteiger charge is -2.36. The summed E-state index contributed by atoms with van der Waals surface area (Å²) in [7, 11) is 0. The number of nitrogens with zero attached hydrogens (tertiary/aromatic N) is 4. The highest BCUT2D eigenvalue weighted by atomic mass is 35.5. The molecule has 0 radical (unpaired) electrons. The van der Waals surface area contributed by atoms with Crippen molar-refractivity contribution in [3.05, 3.63) is 59.6 Å². The van der Waals surface area contributed by atoms with Gasteiger partial charge < -0.3 is 9.80 Å². The molecule has 9 heteroatoms. The van der Waals surface area contributed by atoms with E-state index in [-0.39, 0.29) is 11.7 Å². The predicted molar refractivity (Wildman–Crippen MR) is 126 cm³/mol. The molecule has 0 saturated carbocycles. The summed E-state index contributed by atoms with van der Waals surface area (Å²) in [6.07, 6.45) is 1.44. The lowest BCUT2D eigenvalue weighted by atomic mass is 10.2. The minimum absolute atomic E-state index is 0.0785. The SMILES string of the molecule is O=C(CSc1ncnc2c1sc1cccc(F)c12)N1CCN(c2cccc(Cl)c2)CC1. The van der Waals surface area contributed by atoms with Crippen LogP contribution < -0.4 is 4.90 Å². The van der Waals surface area contributed by atoms with Crippen LogP contribution in [0.4, 0.5) is 10.1 Å². The van der Waals surface area contributed by atoms with Crippen molar-refractivity contribution >= 4 is 66.6 Å². The summed E-state index contributed by atoms with van der Waals surface area (Å²) < 4.78 is 15.9. The second kappa shape index (κ2) is 8.61. The Labute approximate surface area is 191 Å². The van der Waals surface area contributed by atoms with Gasteiger partial charge in [-0.1, -0.05) is 35.5 Å². The van der Waals surface area contributed by atoms with Crippen molar-refractivity contribution in [2.45, 2.75) is 5.03 Å². The van der Waals surface area contributed by atoms with Crippen LogP contribution in [-0.2, 0) is 4.79 Å². The zero-order valence-electron chi connectivity index (χ0n) is 16.4. The smallest absolute Gasteiger partial charge is 0.233 e. The molecule has 3 heterocycles. The topological polar surface area (TPSA) is 49.3 Å².